The number of carbonyl (C=O) groups is 2. The Balaban J connectivity index is 2.84. The van der Waals surface area contributed by atoms with Crippen LogP contribution in [0.25, 0.3) is 0 Å². The Bertz CT molecular complexity index is 810. The van der Waals surface area contributed by atoms with Crippen molar-refractivity contribution in [1.82, 2.24) is 5.32 Å². The number of alkyl halides is 3. The summed E-state index contributed by atoms with van der Waals surface area (Å²) in [4.78, 5) is 22.5. The number of carboxylic acids is 1. The summed E-state index contributed by atoms with van der Waals surface area (Å²) in [5.74, 6) is -4.80. The van der Waals surface area contributed by atoms with Crippen molar-refractivity contribution < 1.29 is 45.8 Å². The van der Waals surface area contributed by atoms with E-state index in [4.69, 9.17) is 5.11 Å². The minimum Gasteiger partial charge on any atom is -0.480 e. The van der Waals surface area contributed by atoms with Crippen LogP contribution in [0.2, 0.25) is 0 Å². The number of aliphatic hydroxyl groups excluding tert-OH is 1. The molecule has 1 amide bonds. The van der Waals surface area contributed by atoms with Gasteiger partial charge in [0.05, 0.1) is 23.1 Å². The van der Waals surface area contributed by atoms with Crippen LogP contribution in [0.3, 0.4) is 0 Å². The van der Waals surface area contributed by atoms with Gasteiger partial charge < -0.3 is 15.5 Å². The molecule has 0 radical (unpaired) electrons. The maximum absolute atomic E-state index is 13.0. The van der Waals surface area contributed by atoms with E-state index in [1.54, 1.807) is 4.72 Å². The molecule has 0 heterocycles. The van der Waals surface area contributed by atoms with Gasteiger partial charge in [0.1, 0.15) is 5.82 Å². The van der Waals surface area contributed by atoms with E-state index in [1.165, 1.54) is 0 Å². The van der Waals surface area contributed by atoms with Crippen LogP contribution in [0, 0.1) is 5.82 Å². The molecule has 8 nitrogen and oxygen atoms in total. The van der Waals surface area contributed by atoms with Gasteiger partial charge >= 0.3 is 12.1 Å². The van der Waals surface area contributed by atoms with E-state index >= 15 is 0 Å². The molecule has 152 valence electrons. The predicted octanol–water partition coefficient (Wildman–Crippen LogP) is 0.926. The second-order valence-electron chi connectivity index (χ2n) is 5.48. The Morgan fingerprint density at radius 1 is 1.26 bits per heavy atom. The summed E-state index contributed by atoms with van der Waals surface area (Å²) in [6.07, 6.45) is -7.27. The molecule has 1 aromatic rings. The molecule has 0 aliphatic rings. The first kappa shape index (κ1) is 22.6. The average Bonchev–Trinajstić information content (AvgIpc) is 2.50. The number of aliphatic carboxylic acids is 1. The van der Waals surface area contributed by atoms with Crippen molar-refractivity contribution in [2.45, 2.75) is 31.7 Å². The number of rotatable bonds is 8. The molecular weight excluding hydrogens is 400 g/mol. The number of carbonyl (C=O) groups excluding carboxylic acids is 1. The number of nitrogens with one attached hydrogen (secondary N) is 2. The second kappa shape index (κ2) is 8.52. The van der Waals surface area contributed by atoms with Crippen molar-refractivity contribution in [3.8, 4) is 0 Å². The van der Waals surface area contributed by atoms with Crippen molar-refractivity contribution in [3.63, 3.8) is 0 Å². The lowest BCUT2D eigenvalue weighted by molar-refractivity contribution is -0.144. The Labute approximate surface area is 151 Å². The monoisotopic (exact) mass is 416 g/mol. The van der Waals surface area contributed by atoms with E-state index in [1.807, 2.05) is 5.32 Å². The average molecular weight is 416 g/mol. The lowest BCUT2D eigenvalue weighted by Gasteiger charge is -2.17. The Morgan fingerprint density at radius 3 is 2.33 bits per heavy atom. The zero-order valence-corrected chi connectivity index (χ0v) is 14.6. The number of carboxylic acid groups (broad SMARTS) is 1. The van der Waals surface area contributed by atoms with Crippen molar-refractivity contribution in [2.24, 2.45) is 0 Å². The molecule has 2 unspecified atom stereocenters. The molecule has 0 fully saturated rings. The summed E-state index contributed by atoms with van der Waals surface area (Å²) in [5, 5.41) is 19.9. The van der Waals surface area contributed by atoms with Crippen LogP contribution < -0.4 is 10.0 Å². The Morgan fingerprint density at radius 2 is 1.85 bits per heavy atom. The van der Waals surface area contributed by atoms with Gasteiger partial charge in [-0.25, -0.2) is 17.6 Å². The summed E-state index contributed by atoms with van der Waals surface area (Å²) in [5.41, 5.74) is -2.47. The first-order valence-electron chi connectivity index (χ1n) is 7.30. The van der Waals surface area contributed by atoms with Gasteiger partial charge in [0.15, 0.2) is 6.04 Å². The van der Waals surface area contributed by atoms with E-state index in [-0.39, 0.29) is 6.07 Å². The zero-order chi connectivity index (χ0) is 21.0. The number of amides is 1. The third kappa shape index (κ3) is 7.02. The SMILES string of the molecule is CC(O)C(NC(=O)CCS(=O)(=O)Nc1ccc(F)cc1C(F)(F)F)C(=O)O. The molecule has 2 atom stereocenters. The van der Waals surface area contributed by atoms with Crippen molar-refractivity contribution >= 4 is 27.6 Å². The van der Waals surface area contributed by atoms with Gasteiger partial charge in [0.2, 0.25) is 15.9 Å². The van der Waals surface area contributed by atoms with Crippen LogP contribution in [-0.4, -0.2) is 48.4 Å². The lowest BCUT2D eigenvalue weighted by atomic mass is 10.2. The molecule has 0 saturated carbocycles. The van der Waals surface area contributed by atoms with Gasteiger partial charge in [-0.1, -0.05) is 0 Å². The summed E-state index contributed by atoms with van der Waals surface area (Å²) < 4.78 is 77.0. The molecular formula is C14H16F4N2O6S. The molecule has 4 N–H and O–H groups in total. The Kier molecular flexibility index (Phi) is 7.14. The van der Waals surface area contributed by atoms with E-state index in [0.717, 1.165) is 6.92 Å². The fraction of sp³-hybridized carbons (Fsp3) is 0.429. The molecule has 0 bridgehead atoms. The number of sulfonamides is 1. The second-order valence-corrected chi connectivity index (χ2v) is 7.32. The summed E-state index contributed by atoms with van der Waals surface area (Å²) >= 11 is 0. The van der Waals surface area contributed by atoms with Crippen molar-refractivity contribution in [1.29, 1.82) is 0 Å². The maximum atomic E-state index is 13.0. The van der Waals surface area contributed by atoms with Crippen LogP contribution in [0.15, 0.2) is 18.2 Å². The molecule has 0 aliphatic heterocycles. The zero-order valence-electron chi connectivity index (χ0n) is 13.7. The maximum Gasteiger partial charge on any atom is 0.418 e. The van der Waals surface area contributed by atoms with Gasteiger partial charge in [0.25, 0.3) is 0 Å². The number of anilines is 1. The van der Waals surface area contributed by atoms with Crippen molar-refractivity contribution in [2.75, 3.05) is 10.5 Å². The molecule has 1 rings (SSSR count). The number of halogens is 4. The van der Waals surface area contributed by atoms with Gasteiger partial charge in [-0.15, -0.1) is 0 Å². The highest BCUT2D eigenvalue weighted by Gasteiger charge is 2.35. The van der Waals surface area contributed by atoms with Gasteiger partial charge in [-0.2, -0.15) is 13.2 Å². The third-order valence-electron chi connectivity index (χ3n) is 3.22. The largest absolute Gasteiger partial charge is 0.480 e. The van der Waals surface area contributed by atoms with Crippen molar-refractivity contribution in [3.05, 3.63) is 29.6 Å². The Hall–Kier alpha value is -2.41. The fourth-order valence-corrected chi connectivity index (χ4v) is 2.99. The van der Waals surface area contributed by atoms with Crippen LogP contribution in [0.5, 0.6) is 0 Å². The minimum atomic E-state index is -5.02. The summed E-state index contributed by atoms with van der Waals surface area (Å²) in [7, 11) is -4.44. The molecule has 0 saturated heterocycles. The normalized spacial score (nSPS) is 14.3. The summed E-state index contributed by atoms with van der Waals surface area (Å²) in [6, 6.07) is -0.351. The van der Waals surface area contributed by atoms with Crippen LogP contribution in [0.1, 0.15) is 18.9 Å². The first-order valence-corrected chi connectivity index (χ1v) is 8.95. The number of hydrogen-bond acceptors (Lipinski definition) is 5. The predicted molar refractivity (Wildman–Crippen MR) is 84.7 cm³/mol. The van der Waals surface area contributed by atoms with E-state index < -0.39 is 69.5 Å². The molecule has 0 spiro atoms. The number of benzene rings is 1. The molecule has 1 aromatic carbocycles. The van der Waals surface area contributed by atoms with Crippen LogP contribution >= 0.6 is 0 Å². The van der Waals surface area contributed by atoms with Gasteiger partial charge in [0, 0.05) is 6.42 Å². The molecule has 0 aliphatic carbocycles. The molecule has 13 heteroatoms. The van der Waals surface area contributed by atoms with E-state index in [2.05, 4.69) is 0 Å². The fourth-order valence-electron chi connectivity index (χ4n) is 1.92. The highest BCUT2D eigenvalue weighted by molar-refractivity contribution is 7.92. The van der Waals surface area contributed by atoms with Gasteiger partial charge in [-0.05, 0) is 25.1 Å². The third-order valence-corrected chi connectivity index (χ3v) is 4.49. The molecule has 0 aromatic heterocycles. The lowest BCUT2D eigenvalue weighted by Crippen LogP contribution is -2.48. The van der Waals surface area contributed by atoms with Crippen LogP contribution in [0.4, 0.5) is 23.2 Å². The smallest absolute Gasteiger partial charge is 0.418 e. The van der Waals surface area contributed by atoms with Crippen LogP contribution in [-0.2, 0) is 25.8 Å². The molecule has 27 heavy (non-hydrogen) atoms. The topological polar surface area (TPSA) is 133 Å². The van der Waals surface area contributed by atoms with E-state index in [9.17, 15) is 40.7 Å². The quantitative estimate of drug-likeness (QED) is 0.466. The standard InChI is InChI=1S/C14H16F4N2O6S/c1-7(21)12(13(23)24)19-11(22)4-5-27(25,26)20-10-3-2-8(15)6-9(10)14(16,17)18/h2-3,6-7,12,20-21H,4-5H2,1H3,(H,19,22)(H,23,24). The minimum absolute atomic E-state index is 0.116. The highest BCUT2D eigenvalue weighted by atomic mass is 32.2. The van der Waals surface area contributed by atoms with E-state index in [0.29, 0.717) is 12.1 Å². The number of hydrogen-bond donors (Lipinski definition) is 4. The van der Waals surface area contributed by atoms with Gasteiger partial charge in [-0.3, -0.25) is 9.52 Å². The highest BCUT2D eigenvalue weighted by Crippen LogP contribution is 2.35. The first-order chi connectivity index (χ1) is 12.2. The number of aliphatic hydroxyl groups is 1. The summed E-state index contributed by atoms with van der Waals surface area (Å²) in [6.45, 7) is 1.09.